The van der Waals surface area contributed by atoms with E-state index in [4.69, 9.17) is 0 Å². The summed E-state index contributed by atoms with van der Waals surface area (Å²) in [5.41, 5.74) is 2.20. The fourth-order valence-corrected chi connectivity index (χ4v) is 3.23. The lowest BCUT2D eigenvalue weighted by molar-refractivity contribution is -0.120. The maximum Gasteiger partial charge on any atom is 0.282 e. The van der Waals surface area contributed by atoms with Crippen LogP contribution in [-0.2, 0) is 9.59 Å². The second-order valence-corrected chi connectivity index (χ2v) is 6.62. The molecule has 0 radical (unpaired) electrons. The van der Waals surface area contributed by atoms with Crippen LogP contribution < -0.4 is 10.2 Å². The third-order valence-corrected chi connectivity index (χ3v) is 4.69. The van der Waals surface area contributed by atoms with E-state index < -0.39 is 23.4 Å². The molecule has 1 N–H and O–H groups in total. The Labute approximate surface area is 166 Å². The van der Waals surface area contributed by atoms with E-state index in [0.717, 1.165) is 16.5 Å². The molecule has 1 aliphatic heterocycles. The topological polar surface area (TPSA) is 49.4 Å². The minimum absolute atomic E-state index is 0.0557. The first-order chi connectivity index (χ1) is 14.0. The van der Waals surface area contributed by atoms with Crippen LogP contribution in [0, 0.1) is 18.6 Å². The lowest BCUT2D eigenvalue weighted by Crippen LogP contribution is -2.32. The molecule has 2 amide bonds. The van der Waals surface area contributed by atoms with E-state index in [0.29, 0.717) is 11.3 Å². The van der Waals surface area contributed by atoms with Crippen LogP contribution in [0.4, 0.5) is 20.2 Å². The molecule has 0 saturated carbocycles. The summed E-state index contributed by atoms with van der Waals surface area (Å²) in [4.78, 5) is 27.3. The van der Waals surface area contributed by atoms with Crippen LogP contribution in [0.25, 0.3) is 5.57 Å². The van der Waals surface area contributed by atoms with Crippen molar-refractivity contribution in [2.45, 2.75) is 6.92 Å². The van der Waals surface area contributed by atoms with Gasteiger partial charge in [-0.05, 0) is 54.4 Å². The zero-order valence-corrected chi connectivity index (χ0v) is 15.4. The van der Waals surface area contributed by atoms with Crippen molar-refractivity contribution in [2.75, 3.05) is 10.2 Å². The highest BCUT2D eigenvalue weighted by Crippen LogP contribution is 2.34. The molecule has 0 bridgehead atoms. The molecule has 3 aromatic rings. The van der Waals surface area contributed by atoms with Gasteiger partial charge in [0.1, 0.15) is 17.3 Å². The van der Waals surface area contributed by atoms with Gasteiger partial charge in [-0.3, -0.25) is 9.59 Å². The van der Waals surface area contributed by atoms with Crippen molar-refractivity contribution in [3.63, 3.8) is 0 Å². The van der Waals surface area contributed by atoms with Crippen molar-refractivity contribution in [3.8, 4) is 0 Å². The number of rotatable bonds is 4. The molecule has 0 saturated heterocycles. The van der Waals surface area contributed by atoms with Gasteiger partial charge in [0.15, 0.2) is 0 Å². The number of imide groups is 1. The van der Waals surface area contributed by atoms with Gasteiger partial charge in [0, 0.05) is 5.69 Å². The summed E-state index contributed by atoms with van der Waals surface area (Å²) >= 11 is 0. The summed E-state index contributed by atoms with van der Waals surface area (Å²) in [6.45, 7) is 1.87. The van der Waals surface area contributed by atoms with Crippen LogP contribution in [-0.4, -0.2) is 11.8 Å². The molecule has 1 heterocycles. The van der Waals surface area contributed by atoms with E-state index >= 15 is 0 Å². The smallest absolute Gasteiger partial charge is 0.282 e. The Morgan fingerprint density at radius 3 is 2.21 bits per heavy atom. The van der Waals surface area contributed by atoms with E-state index in [9.17, 15) is 18.4 Å². The van der Waals surface area contributed by atoms with E-state index in [2.05, 4.69) is 5.32 Å². The quantitative estimate of drug-likeness (QED) is 0.659. The normalized spacial score (nSPS) is 14.0. The van der Waals surface area contributed by atoms with Gasteiger partial charge in [0.2, 0.25) is 0 Å². The van der Waals surface area contributed by atoms with Crippen LogP contribution in [0.3, 0.4) is 0 Å². The van der Waals surface area contributed by atoms with Gasteiger partial charge in [0.05, 0.1) is 11.3 Å². The van der Waals surface area contributed by atoms with Gasteiger partial charge in [-0.15, -0.1) is 0 Å². The van der Waals surface area contributed by atoms with Gasteiger partial charge in [-0.25, -0.2) is 13.7 Å². The fourth-order valence-electron chi connectivity index (χ4n) is 3.23. The first-order valence-electron chi connectivity index (χ1n) is 8.93. The molecule has 144 valence electrons. The van der Waals surface area contributed by atoms with Crippen molar-refractivity contribution in [1.29, 1.82) is 0 Å². The lowest BCUT2D eigenvalue weighted by Gasteiger charge is -2.15. The first kappa shape index (κ1) is 18.6. The first-order valence-corrected chi connectivity index (χ1v) is 8.93. The van der Waals surface area contributed by atoms with Crippen molar-refractivity contribution in [1.82, 2.24) is 0 Å². The summed E-state index contributed by atoms with van der Waals surface area (Å²) in [6, 6.07) is 17.9. The minimum atomic E-state index is -0.608. The Bertz CT molecular complexity index is 1150. The second-order valence-electron chi connectivity index (χ2n) is 6.62. The van der Waals surface area contributed by atoms with Crippen LogP contribution in [0.1, 0.15) is 11.1 Å². The van der Waals surface area contributed by atoms with Gasteiger partial charge in [0.25, 0.3) is 11.8 Å². The molecule has 0 spiro atoms. The maximum absolute atomic E-state index is 13.7. The summed E-state index contributed by atoms with van der Waals surface area (Å²) < 4.78 is 27.1. The summed E-state index contributed by atoms with van der Waals surface area (Å²) in [5, 5.41) is 3.05. The van der Waals surface area contributed by atoms with E-state index in [1.54, 1.807) is 12.1 Å². The predicted octanol–water partition coefficient (Wildman–Crippen LogP) is 4.67. The third kappa shape index (κ3) is 3.40. The number of carbonyl (C=O) groups excluding carboxylic acids is 2. The molecule has 0 unspecified atom stereocenters. The molecule has 6 heteroatoms. The Balaban J connectivity index is 1.85. The molecule has 0 atom stereocenters. The van der Waals surface area contributed by atoms with E-state index in [1.165, 1.54) is 42.5 Å². The fraction of sp³-hybridized carbons (Fsp3) is 0.0435. The van der Waals surface area contributed by atoms with Gasteiger partial charge < -0.3 is 5.32 Å². The van der Waals surface area contributed by atoms with Gasteiger partial charge >= 0.3 is 0 Å². The zero-order chi connectivity index (χ0) is 20.5. The maximum atomic E-state index is 13.7. The molecule has 0 aromatic heterocycles. The summed E-state index contributed by atoms with van der Waals surface area (Å²) in [7, 11) is 0. The Hall–Kier alpha value is -3.80. The Morgan fingerprint density at radius 1 is 0.793 bits per heavy atom. The number of halogens is 2. The van der Waals surface area contributed by atoms with Gasteiger partial charge in [-0.2, -0.15) is 0 Å². The van der Waals surface area contributed by atoms with Crippen LogP contribution in [0.2, 0.25) is 0 Å². The SMILES string of the molecule is Cc1ccccc1NC1=C(c2ccc(F)cc2)C(=O)N(c2cccc(F)c2)C1=O. The van der Waals surface area contributed by atoms with Crippen LogP contribution in [0.5, 0.6) is 0 Å². The number of nitrogens with one attached hydrogen (secondary N) is 1. The number of carbonyl (C=O) groups is 2. The zero-order valence-electron chi connectivity index (χ0n) is 15.4. The van der Waals surface area contributed by atoms with Crippen molar-refractivity contribution in [3.05, 3.63) is 101 Å². The van der Waals surface area contributed by atoms with Crippen molar-refractivity contribution < 1.29 is 18.4 Å². The number of aryl methyl sites for hydroxylation is 1. The monoisotopic (exact) mass is 390 g/mol. The standard InChI is InChI=1S/C23H16F2N2O2/c1-14-5-2-3-8-19(14)26-21-20(15-9-11-16(24)12-10-15)22(28)27(23(21)29)18-7-4-6-17(25)13-18/h2-13,26H,1H3. The minimum Gasteiger partial charge on any atom is -0.350 e. The molecule has 0 fully saturated rings. The van der Waals surface area contributed by atoms with Crippen molar-refractivity contribution >= 4 is 28.8 Å². The molecule has 3 aromatic carbocycles. The molecular formula is C23H16F2N2O2. The lowest BCUT2D eigenvalue weighted by atomic mass is 10.0. The van der Waals surface area contributed by atoms with Crippen molar-refractivity contribution in [2.24, 2.45) is 0 Å². The number of amides is 2. The highest BCUT2D eigenvalue weighted by Gasteiger charge is 2.40. The molecular weight excluding hydrogens is 374 g/mol. The number of para-hydroxylation sites is 1. The third-order valence-electron chi connectivity index (χ3n) is 4.69. The summed E-state index contributed by atoms with van der Waals surface area (Å²) in [5.74, 6) is -2.24. The van der Waals surface area contributed by atoms with Crippen LogP contribution in [0.15, 0.2) is 78.5 Å². The van der Waals surface area contributed by atoms with Crippen LogP contribution >= 0.6 is 0 Å². The Kier molecular flexibility index (Phi) is 4.68. The van der Waals surface area contributed by atoms with Gasteiger partial charge in [-0.1, -0.05) is 36.4 Å². The molecule has 0 aliphatic carbocycles. The molecule has 4 rings (SSSR count). The van der Waals surface area contributed by atoms with E-state index in [-0.39, 0.29) is 17.0 Å². The molecule has 1 aliphatic rings. The van der Waals surface area contributed by atoms with E-state index in [1.807, 2.05) is 19.1 Å². The average molecular weight is 390 g/mol. The Morgan fingerprint density at radius 2 is 1.52 bits per heavy atom. The number of hydrogen-bond acceptors (Lipinski definition) is 3. The average Bonchev–Trinajstić information content (AvgIpc) is 2.94. The molecule has 29 heavy (non-hydrogen) atoms. The second kappa shape index (κ2) is 7.31. The number of nitrogens with zero attached hydrogens (tertiary/aromatic N) is 1. The number of anilines is 2. The molecule has 4 nitrogen and oxygen atoms in total. The number of benzene rings is 3. The largest absolute Gasteiger partial charge is 0.350 e. The highest BCUT2D eigenvalue weighted by molar-refractivity contribution is 6.46. The predicted molar refractivity (Wildman–Crippen MR) is 107 cm³/mol. The number of hydrogen-bond donors (Lipinski definition) is 1. The summed E-state index contributed by atoms with van der Waals surface area (Å²) in [6.07, 6.45) is 0. The highest BCUT2D eigenvalue weighted by atomic mass is 19.1.